The fourth-order valence-electron chi connectivity index (χ4n) is 3.75. The molecule has 0 bridgehead atoms. The highest BCUT2D eigenvalue weighted by Gasteiger charge is 2.26. The third-order valence-corrected chi connectivity index (χ3v) is 5.17. The highest BCUT2D eigenvalue weighted by atomic mass is 35.5. The molecular weight excluding hydrogens is 380 g/mol. The van der Waals surface area contributed by atoms with Crippen LogP contribution in [0.15, 0.2) is 42.5 Å². The van der Waals surface area contributed by atoms with E-state index in [4.69, 9.17) is 14.2 Å². The molecule has 2 aromatic carbocycles. The highest BCUT2D eigenvalue weighted by molar-refractivity contribution is 5.96. The van der Waals surface area contributed by atoms with Crippen LogP contribution in [0.5, 0.6) is 17.2 Å². The summed E-state index contributed by atoms with van der Waals surface area (Å²) in [5.74, 6) is 2.00. The molecule has 1 fully saturated rings. The summed E-state index contributed by atoms with van der Waals surface area (Å²) in [6.07, 6.45) is 2.36. The normalized spacial score (nSPS) is 16.3. The Balaban J connectivity index is 0.00000225. The van der Waals surface area contributed by atoms with Crippen LogP contribution in [0.3, 0.4) is 0 Å². The molecule has 2 heterocycles. The van der Waals surface area contributed by atoms with Crippen LogP contribution < -0.4 is 19.5 Å². The van der Waals surface area contributed by atoms with Gasteiger partial charge in [-0.15, -0.1) is 12.4 Å². The standard InChI is InChI=1S/C21H24N2O4.ClH/c1-25-18-7-3-2-6-16(18)21(24)22-13-17(23-10-4-5-11-23)15-8-9-19-20(12-15)27-14-26-19;/h2-3,6-9,12,17H,4-5,10-11,13-14H2,1H3,(H,22,24);1H. The van der Waals surface area contributed by atoms with E-state index < -0.39 is 0 Å². The molecule has 28 heavy (non-hydrogen) atoms. The van der Waals surface area contributed by atoms with Crippen molar-refractivity contribution in [2.75, 3.05) is 33.5 Å². The van der Waals surface area contributed by atoms with Crippen molar-refractivity contribution in [1.82, 2.24) is 10.2 Å². The number of hydrogen-bond acceptors (Lipinski definition) is 5. The molecule has 1 N–H and O–H groups in total. The number of amides is 1. The fraction of sp³-hybridized carbons (Fsp3) is 0.381. The van der Waals surface area contributed by atoms with Crippen molar-refractivity contribution in [1.29, 1.82) is 0 Å². The number of ether oxygens (including phenoxy) is 3. The molecule has 1 atom stereocenters. The highest BCUT2D eigenvalue weighted by Crippen LogP contribution is 2.36. The maximum absolute atomic E-state index is 12.7. The van der Waals surface area contributed by atoms with E-state index in [-0.39, 0.29) is 31.1 Å². The lowest BCUT2D eigenvalue weighted by molar-refractivity contribution is 0.0935. The minimum absolute atomic E-state index is 0. The Morgan fingerprint density at radius 1 is 1.14 bits per heavy atom. The zero-order valence-corrected chi connectivity index (χ0v) is 16.7. The van der Waals surface area contributed by atoms with Gasteiger partial charge in [0, 0.05) is 6.54 Å². The zero-order valence-electron chi connectivity index (χ0n) is 15.8. The van der Waals surface area contributed by atoms with Gasteiger partial charge in [-0.2, -0.15) is 0 Å². The van der Waals surface area contributed by atoms with Gasteiger partial charge in [-0.05, 0) is 55.8 Å². The molecule has 7 heteroatoms. The summed E-state index contributed by atoms with van der Waals surface area (Å²) in [7, 11) is 1.58. The van der Waals surface area contributed by atoms with E-state index in [0.717, 1.165) is 30.2 Å². The summed E-state index contributed by atoms with van der Waals surface area (Å²) in [4.78, 5) is 15.1. The van der Waals surface area contributed by atoms with E-state index in [1.807, 2.05) is 24.3 Å². The number of halogens is 1. The van der Waals surface area contributed by atoms with E-state index in [2.05, 4.69) is 16.3 Å². The average molecular weight is 405 g/mol. The van der Waals surface area contributed by atoms with Crippen LogP contribution in [0.4, 0.5) is 0 Å². The first kappa shape index (κ1) is 20.3. The lowest BCUT2D eigenvalue weighted by Gasteiger charge is -2.28. The van der Waals surface area contributed by atoms with Crippen LogP contribution in [-0.4, -0.2) is 44.3 Å². The van der Waals surface area contributed by atoms with Crippen LogP contribution in [0.25, 0.3) is 0 Å². The number of hydrogen-bond donors (Lipinski definition) is 1. The van der Waals surface area contributed by atoms with Gasteiger partial charge in [-0.1, -0.05) is 18.2 Å². The van der Waals surface area contributed by atoms with Crippen LogP contribution in [-0.2, 0) is 0 Å². The molecule has 0 radical (unpaired) electrons. The van der Waals surface area contributed by atoms with Gasteiger partial charge in [-0.25, -0.2) is 0 Å². The van der Waals surface area contributed by atoms with Crippen molar-refractivity contribution in [2.24, 2.45) is 0 Å². The third kappa shape index (κ3) is 4.18. The fourth-order valence-corrected chi connectivity index (χ4v) is 3.75. The SMILES string of the molecule is COc1ccccc1C(=O)NCC(c1ccc2c(c1)OCO2)N1CCCC1.Cl. The Morgan fingerprint density at radius 3 is 2.68 bits per heavy atom. The lowest BCUT2D eigenvalue weighted by atomic mass is 10.0. The Labute approximate surface area is 171 Å². The van der Waals surface area contributed by atoms with Gasteiger partial charge in [0.05, 0.1) is 18.7 Å². The van der Waals surface area contributed by atoms with Gasteiger partial charge in [-0.3, -0.25) is 9.69 Å². The van der Waals surface area contributed by atoms with Crippen LogP contribution in [0.2, 0.25) is 0 Å². The van der Waals surface area contributed by atoms with Gasteiger partial charge < -0.3 is 19.5 Å². The Kier molecular flexibility index (Phi) is 6.65. The molecule has 0 aliphatic carbocycles. The summed E-state index contributed by atoms with van der Waals surface area (Å²) in [6, 6.07) is 13.4. The number of carbonyl (C=O) groups excluding carboxylic acids is 1. The van der Waals surface area contributed by atoms with Crippen LogP contribution in [0.1, 0.15) is 34.8 Å². The maximum atomic E-state index is 12.7. The van der Waals surface area contributed by atoms with Crippen molar-refractivity contribution >= 4 is 18.3 Å². The second-order valence-corrected chi connectivity index (χ2v) is 6.78. The van der Waals surface area contributed by atoms with Gasteiger partial charge in [0.25, 0.3) is 5.91 Å². The lowest BCUT2D eigenvalue weighted by Crippen LogP contribution is -2.36. The van der Waals surface area contributed by atoms with Crippen molar-refractivity contribution < 1.29 is 19.0 Å². The second-order valence-electron chi connectivity index (χ2n) is 6.78. The summed E-state index contributed by atoms with van der Waals surface area (Å²) < 4.78 is 16.3. The Morgan fingerprint density at radius 2 is 1.89 bits per heavy atom. The Bertz CT molecular complexity index is 824. The van der Waals surface area contributed by atoms with E-state index in [0.29, 0.717) is 17.9 Å². The molecule has 150 valence electrons. The predicted molar refractivity (Wildman–Crippen MR) is 109 cm³/mol. The number of fused-ring (bicyclic) bond motifs is 1. The van der Waals surface area contributed by atoms with E-state index in [9.17, 15) is 4.79 Å². The molecule has 1 amide bonds. The largest absolute Gasteiger partial charge is 0.496 e. The number of carbonyl (C=O) groups is 1. The topological polar surface area (TPSA) is 60.0 Å². The molecule has 0 spiro atoms. The number of benzene rings is 2. The van der Waals surface area contributed by atoms with E-state index in [1.54, 1.807) is 19.2 Å². The second kappa shape index (κ2) is 9.17. The van der Waals surface area contributed by atoms with Gasteiger partial charge in [0.2, 0.25) is 6.79 Å². The van der Waals surface area contributed by atoms with Crippen LogP contribution in [0, 0.1) is 0 Å². The van der Waals surface area contributed by atoms with E-state index >= 15 is 0 Å². The molecule has 1 saturated heterocycles. The number of methoxy groups -OCH3 is 1. The quantitative estimate of drug-likeness (QED) is 0.799. The number of nitrogens with zero attached hydrogens (tertiary/aromatic N) is 1. The summed E-state index contributed by atoms with van der Waals surface area (Å²) in [6.45, 7) is 2.85. The molecule has 4 rings (SSSR count). The number of likely N-dealkylation sites (tertiary alicyclic amines) is 1. The molecular formula is C21H25ClN2O4. The first-order valence-electron chi connectivity index (χ1n) is 9.31. The van der Waals surface area contributed by atoms with Crippen molar-refractivity contribution in [3.8, 4) is 17.2 Å². The molecule has 6 nitrogen and oxygen atoms in total. The van der Waals surface area contributed by atoms with Gasteiger partial charge >= 0.3 is 0 Å². The van der Waals surface area contributed by atoms with E-state index in [1.165, 1.54) is 12.8 Å². The van der Waals surface area contributed by atoms with Crippen LogP contribution >= 0.6 is 12.4 Å². The monoisotopic (exact) mass is 404 g/mol. The summed E-state index contributed by atoms with van der Waals surface area (Å²) >= 11 is 0. The molecule has 0 aromatic heterocycles. The molecule has 0 saturated carbocycles. The zero-order chi connectivity index (χ0) is 18.6. The molecule has 1 unspecified atom stereocenters. The number of rotatable bonds is 6. The number of para-hydroxylation sites is 1. The van der Waals surface area contributed by atoms with Gasteiger partial charge in [0.1, 0.15) is 5.75 Å². The Hall–Kier alpha value is -2.44. The maximum Gasteiger partial charge on any atom is 0.255 e. The summed E-state index contributed by atoms with van der Waals surface area (Å²) in [5, 5.41) is 3.08. The smallest absolute Gasteiger partial charge is 0.255 e. The van der Waals surface area contributed by atoms with Crippen molar-refractivity contribution in [3.63, 3.8) is 0 Å². The molecule has 2 aromatic rings. The summed E-state index contributed by atoms with van der Waals surface area (Å²) in [5.41, 5.74) is 1.67. The van der Waals surface area contributed by atoms with Crippen molar-refractivity contribution in [2.45, 2.75) is 18.9 Å². The minimum atomic E-state index is -0.127. The third-order valence-electron chi connectivity index (χ3n) is 5.17. The predicted octanol–water partition coefficient (Wildman–Crippen LogP) is 3.41. The first-order valence-corrected chi connectivity index (χ1v) is 9.31. The molecule has 2 aliphatic rings. The molecule has 2 aliphatic heterocycles. The average Bonchev–Trinajstić information content (AvgIpc) is 3.39. The minimum Gasteiger partial charge on any atom is -0.496 e. The van der Waals surface area contributed by atoms with Crippen molar-refractivity contribution in [3.05, 3.63) is 53.6 Å². The van der Waals surface area contributed by atoms with Gasteiger partial charge in [0.15, 0.2) is 11.5 Å². The number of nitrogens with one attached hydrogen (secondary N) is 1. The first-order chi connectivity index (χ1) is 13.3.